The summed E-state index contributed by atoms with van der Waals surface area (Å²) in [5.41, 5.74) is 3.82. The summed E-state index contributed by atoms with van der Waals surface area (Å²) in [6.45, 7) is 12.1. The van der Waals surface area contributed by atoms with Crippen LogP contribution < -0.4 is 16.2 Å². The zero-order valence-electron chi connectivity index (χ0n) is 19.8. The number of nitrogens with zero attached hydrogens (tertiary/aromatic N) is 6. The number of hydrogen-bond donors (Lipinski definition) is 2. The molecule has 1 aromatic carbocycles. The number of fused-ring (bicyclic) bond motifs is 2. The minimum absolute atomic E-state index is 0.0721. The smallest absolute Gasteiger partial charge is 0.278 e. The van der Waals surface area contributed by atoms with Crippen molar-refractivity contribution in [2.24, 2.45) is 0 Å². The van der Waals surface area contributed by atoms with Gasteiger partial charge in [0.15, 0.2) is 11.5 Å². The summed E-state index contributed by atoms with van der Waals surface area (Å²) < 4.78 is 5.38. The molecule has 4 heterocycles. The minimum atomic E-state index is -0.173. The average molecular weight is 447 g/mol. The van der Waals surface area contributed by atoms with E-state index in [1.807, 2.05) is 36.9 Å². The van der Waals surface area contributed by atoms with Crippen LogP contribution in [0.15, 0.2) is 41.5 Å². The second-order valence-electron chi connectivity index (χ2n) is 9.81. The first-order valence-electron chi connectivity index (χ1n) is 11.4. The van der Waals surface area contributed by atoms with Crippen LogP contribution in [0.3, 0.4) is 0 Å². The zero-order valence-corrected chi connectivity index (χ0v) is 19.8. The van der Waals surface area contributed by atoms with E-state index in [9.17, 15) is 4.79 Å². The van der Waals surface area contributed by atoms with E-state index in [1.165, 1.54) is 11.1 Å². The minimum Gasteiger partial charge on any atom is -0.324 e. The Kier molecular flexibility index (Phi) is 5.08. The van der Waals surface area contributed by atoms with Crippen LogP contribution in [0.2, 0.25) is 0 Å². The van der Waals surface area contributed by atoms with Crippen molar-refractivity contribution in [3.05, 3.63) is 58.1 Å². The lowest BCUT2D eigenvalue weighted by Gasteiger charge is -2.19. The van der Waals surface area contributed by atoms with Crippen molar-refractivity contribution in [1.29, 1.82) is 0 Å². The fourth-order valence-electron chi connectivity index (χ4n) is 4.23. The summed E-state index contributed by atoms with van der Waals surface area (Å²) in [4.78, 5) is 22.4. The lowest BCUT2D eigenvalue weighted by atomic mass is 10.0. The Balaban J connectivity index is 1.61. The number of hydrogen-bond acceptors (Lipinski definition) is 6. The Morgan fingerprint density at radius 2 is 1.97 bits per heavy atom. The second-order valence-corrected chi connectivity index (χ2v) is 9.81. The molecule has 0 fully saturated rings. The standard InChI is InChI=1S/C24H30N8O/c1-15(2)31-22(33)19-14-26-23(27-18-7-6-17-13-25-10-8-16(17)12-18)28-21(19)32(31)20-9-11-30(29-20)24(3,4)5/h6-7,9,11-12,14-15,25H,8,10,13H2,1-5H3,(H,26,27,28). The fraction of sp³-hybridized carbons (Fsp3) is 0.417. The molecule has 33 heavy (non-hydrogen) atoms. The van der Waals surface area contributed by atoms with Crippen molar-refractivity contribution < 1.29 is 0 Å². The van der Waals surface area contributed by atoms with Gasteiger partial charge in [0.2, 0.25) is 5.95 Å². The number of anilines is 2. The third kappa shape index (κ3) is 3.82. The van der Waals surface area contributed by atoms with Gasteiger partial charge in [0.05, 0.1) is 5.54 Å². The lowest BCUT2D eigenvalue weighted by Crippen LogP contribution is -2.26. The van der Waals surface area contributed by atoms with Crippen LogP contribution in [0, 0.1) is 0 Å². The molecule has 5 rings (SSSR count). The predicted octanol–water partition coefficient (Wildman–Crippen LogP) is 3.50. The molecule has 0 saturated heterocycles. The molecular formula is C24H30N8O. The maximum Gasteiger partial charge on any atom is 0.278 e. The van der Waals surface area contributed by atoms with E-state index in [1.54, 1.807) is 15.6 Å². The van der Waals surface area contributed by atoms with Crippen LogP contribution >= 0.6 is 0 Å². The van der Waals surface area contributed by atoms with Gasteiger partial charge < -0.3 is 10.6 Å². The van der Waals surface area contributed by atoms with Gasteiger partial charge in [-0.3, -0.25) is 9.48 Å². The van der Waals surface area contributed by atoms with Crippen LogP contribution in [0.5, 0.6) is 0 Å². The third-order valence-corrected chi connectivity index (χ3v) is 5.94. The highest BCUT2D eigenvalue weighted by atomic mass is 16.1. The van der Waals surface area contributed by atoms with Gasteiger partial charge in [-0.15, -0.1) is 0 Å². The molecule has 172 valence electrons. The van der Waals surface area contributed by atoms with Gasteiger partial charge in [0.25, 0.3) is 5.56 Å². The van der Waals surface area contributed by atoms with Crippen LogP contribution in [-0.2, 0) is 18.5 Å². The normalized spacial score (nSPS) is 14.1. The SMILES string of the molecule is CC(C)n1c(=O)c2cnc(Nc3ccc4c(c3)CCNC4)nc2n1-c1ccn(C(C)(C)C)n1. The quantitative estimate of drug-likeness (QED) is 0.498. The van der Waals surface area contributed by atoms with E-state index >= 15 is 0 Å². The Labute approximate surface area is 192 Å². The van der Waals surface area contributed by atoms with Gasteiger partial charge in [-0.1, -0.05) is 6.07 Å². The van der Waals surface area contributed by atoms with Crippen molar-refractivity contribution in [2.45, 2.75) is 59.2 Å². The van der Waals surface area contributed by atoms with Crippen LogP contribution in [0.4, 0.5) is 11.6 Å². The number of aromatic nitrogens is 6. The maximum atomic E-state index is 13.2. The Hall–Kier alpha value is -3.46. The number of nitrogens with one attached hydrogen (secondary N) is 2. The van der Waals surface area contributed by atoms with Crippen LogP contribution in [0.25, 0.3) is 16.9 Å². The van der Waals surface area contributed by atoms with Gasteiger partial charge in [0.1, 0.15) is 5.39 Å². The van der Waals surface area contributed by atoms with Crippen molar-refractivity contribution in [3.8, 4) is 5.82 Å². The summed E-state index contributed by atoms with van der Waals surface area (Å²) >= 11 is 0. The Morgan fingerprint density at radius 3 is 2.70 bits per heavy atom. The second kappa shape index (κ2) is 7.84. The van der Waals surface area contributed by atoms with Crippen LogP contribution in [0.1, 0.15) is 51.8 Å². The van der Waals surface area contributed by atoms with Gasteiger partial charge >= 0.3 is 0 Å². The van der Waals surface area contributed by atoms with Gasteiger partial charge in [0, 0.05) is 36.7 Å². The highest BCUT2D eigenvalue weighted by Gasteiger charge is 2.22. The molecule has 1 aliphatic rings. The lowest BCUT2D eigenvalue weighted by molar-refractivity contribution is 0.352. The summed E-state index contributed by atoms with van der Waals surface area (Å²) in [5, 5.41) is 11.9. The first kappa shape index (κ1) is 21.4. The molecule has 0 unspecified atom stereocenters. The molecule has 4 aromatic rings. The first-order valence-corrected chi connectivity index (χ1v) is 11.4. The molecule has 2 N–H and O–H groups in total. The topological polar surface area (TPSA) is 94.6 Å². The molecule has 1 aliphatic heterocycles. The molecule has 0 radical (unpaired) electrons. The van der Waals surface area contributed by atoms with Crippen LogP contribution in [-0.4, -0.2) is 35.7 Å². The highest BCUT2D eigenvalue weighted by molar-refractivity contribution is 5.77. The Bertz CT molecular complexity index is 1390. The van der Waals surface area contributed by atoms with Crippen molar-refractivity contribution >= 4 is 22.7 Å². The molecule has 0 aliphatic carbocycles. The monoisotopic (exact) mass is 446 g/mol. The van der Waals surface area contributed by atoms with Crippen molar-refractivity contribution in [3.63, 3.8) is 0 Å². The largest absolute Gasteiger partial charge is 0.324 e. The highest BCUT2D eigenvalue weighted by Crippen LogP contribution is 2.24. The van der Waals surface area contributed by atoms with Gasteiger partial charge in [-0.2, -0.15) is 10.1 Å². The summed E-state index contributed by atoms with van der Waals surface area (Å²) in [6.07, 6.45) is 4.53. The first-order chi connectivity index (χ1) is 15.7. The molecule has 9 heteroatoms. The summed E-state index contributed by atoms with van der Waals surface area (Å²) in [5.74, 6) is 1.10. The number of rotatable bonds is 4. The molecule has 0 spiro atoms. The molecule has 3 aromatic heterocycles. The molecular weight excluding hydrogens is 416 g/mol. The molecule has 9 nitrogen and oxygen atoms in total. The predicted molar refractivity (Wildman–Crippen MR) is 129 cm³/mol. The zero-order chi connectivity index (χ0) is 23.3. The van der Waals surface area contributed by atoms with Gasteiger partial charge in [-0.25, -0.2) is 14.3 Å². The van der Waals surface area contributed by atoms with Gasteiger partial charge in [-0.05, 0) is 70.8 Å². The van der Waals surface area contributed by atoms with E-state index in [-0.39, 0.29) is 17.1 Å². The van der Waals surface area contributed by atoms with Crippen molar-refractivity contribution in [2.75, 3.05) is 11.9 Å². The maximum absolute atomic E-state index is 13.2. The summed E-state index contributed by atoms with van der Waals surface area (Å²) in [7, 11) is 0. The molecule has 0 amide bonds. The average Bonchev–Trinajstić information content (AvgIpc) is 3.37. The molecule has 0 bridgehead atoms. The van der Waals surface area contributed by atoms with E-state index in [4.69, 9.17) is 10.1 Å². The number of benzene rings is 1. The van der Waals surface area contributed by atoms with E-state index in [2.05, 4.69) is 48.5 Å². The summed E-state index contributed by atoms with van der Waals surface area (Å²) in [6, 6.07) is 8.16. The van der Waals surface area contributed by atoms with E-state index < -0.39 is 0 Å². The fourth-order valence-corrected chi connectivity index (χ4v) is 4.23. The Morgan fingerprint density at radius 1 is 1.15 bits per heavy atom. The van der Waals surface area contributed by atoms with Crippen molar-refractivity contribution in [1.82, 2.24) is 34.4 Å². The third-order valence-electron chi connectivity index (χ3n) is 5.94. The molecule has 0 saturated carbocycles. The molecule has 0 atom stereocenters. The van der Waals surface area contributed by atoms with E-state index in [0.717, 1.165) is 25.2 Å². The van der Waals surface area contributed by atoms with E-state index in [0.29, 0.717) is 22.8 Å².